The van der Waals surface area contributed by atoms with Crippen LogP contribution in [0.5, 0.6) is 0 Å². The molecule has 0 N–H and O–H groups in total. The Morgan fingerprint density at radius 2 is 1.40 bits per heavy atom. The van der Waals surface area contributed by atoms with E-state index in [4.69, 9.17) is 8.53 Å². The van der Waals surface area contributed by atoms with Gasteiger partial charge in [0.1, 0.15) is 24.0 Å². The number of nitrogens with zero attached hydrogens (tertiary/aromatic N) is 1. The standard InChI is InChI=1S/C42H43FNO/c1-27-11-20-34-35-21-22-36(43)39(41(35)45-40(34)38(27)37-25-28(23-24-44(37)5)26-42(2,3)4)33-18-16-32(17-19-33)31-14-12-30(13-15-31)29-9-7-6-8-10-29/h6-11,16-25,30-31H,12-15,26H2,1-5H3/q+1/i26D2,30D,31D. The van der Waals surface area contributed by atoms with E-state index in [1.165, 1.54) is 6.07 Å². The Kier molecular flexibility index (Phi) is 6.45. The molecule has 228 valence electrons. The average molecular weight is 601 g/mol. The smallest absolute Gasteiger partial charge is 0.216 e. The minimum Gasteiger partial charge on any atom is -0.454 e. The van der Waals surface area contributed by atoms with Gasteiger partial charge in [0, 0.05) is 28.4 Å². The third-order valence-corrected chi connectivity index (χ3v) is 9.11. The monoisotopic (exact) mass is 600 g/mol. The predicted molar refractivity (Wildman–Crippen MR) is 184 cm³/mol. The highest BCUT2D eigenvalue weighted by Crippen LogP contribution is 2.44. The molecular formula is C42H43FNO+. The van der Waals surface area contributed by atoms with Gasteiger partial charge in [-0.25, -0.2) is 8.96 Å². The molecule has 1 aliphatic rings. The van der Waals surface area contributed by atoms with Gasteiger partial charge in [-0.1, -0.05) is 87.5 Å². The number of pyridine rings is 1. The van der Waals surface area contributed by atoms with Crippen LogP contribution in [-0.2, 0) is 13.4 Å². The summed E-state index contributed by atoms with van der Waals surface area (Å²) in [5, 5.41) is 1.67. The molecule has 1 saturated carbocycles. The van der Waals surface area contributed by atoms with Crippen LogP contribution in [0.25, 0.3) is 44.3 Å². The number of halogens is 1. The zero-order valence-electron chi connectivity index (χ0n) is 30.8. The molecule has 0 spiro atoms. The fourth-order valence-electron chi connectivity index (χ4n) is 6.87. The van der Waals surface area contributed by atoms with E-state index in [9.17, 15) is 1.37 Å². The van der Waals surface area contributed by atoms with E-state index in [1.54, 1.807) is 6.07 Å². The maximum absolute atomic E-state index is 15.8. The van der Waals surface area contributed by atoms with E-state index in [1.807, 2.05) is 124 Å². The molecule has 6 aromatic rings. The van der Waals surface area contributed by atoms with Crippen molar-refractivity contribution < 1.29 is 18.9 Å². The van der Waals surface area contributed by atoms with Gasteiger partial charge in [0.05, 0.1) is 11.1 Å². The van der Waals surface area contributed by atoms with E-state index in [-0.39, 0.29) is 5.82 Å². The van der Waals surface area contributed by atoms with Crippen LogP contribution in [-0.4, -0.2) is 0 Å². The summed E-state index contributed by atoms with van der Waals surface area (Å²) in [5.41, 5.74) is 6.64. The summed E-state index contributed by atoms with van der Waals surface area (Å²) in [7, 11) is 1.94. The molecule has 2 nitrogen and oxygen atoms in total. The summed E-state index contributed by atoms with van der Waals surface area (Å²) in [6.07, 6.45) is 2.69. The zero-order valence-corrected chi connectivity index (χ0v) is 26.8. The lowest BCUT2D eigenvalue weighted by Gasteiger charge is -2.29. The number of benzene rings is 4. The number of furan rings is 1. The van der Waals surface area contributed by atoms with Crippen molar-refractivity contribution in [1.82, 2.24) is 0 Å². The Bertz CT molecular complexity index is 2190. The van der Waals surface area contributed by atoms with Gasteiger partial charge in [-0.3, -0.25) is 0 Å². The van der Waals surface area contributed by atoms with E-state index >= 15 is 4.39 Å². The molecule has 0 atom stereocenters. The number of aryl methyl sites for hydroxylation is 2. The molecule has 0 amide bonds. The van der Waals surface area contributed by atoms with E-state index in [0.717, 1.165) is 38.7 Å². The van der Waals surface area contributed by atoms with Gasteiger partial charge in [0.2, 0.25) is 5.69 Å². The number of rotatable bonds is 5. The first-order valence-electron chi connectivity index (χ1n) is 17.9. The number of fused-ring (bicyclic) bond motifs is 3. The number of hydrogen-bond donors (Lipinski definition) is 0. The predicted octanol–water partition coefficient (Wildman–Crippen LogP) is 11.2. The Morgan fingerprint density at radius 1 is 0.800 bits per heavy atom. The number of hydrogen-bond acceptors (Lipinski definition) is 1. The first-order chi connectivity index (χ1) is 23.1. The fourth-order valence-corrected chi connectivity index (χ4v) is 6.87. The third kappa shape index (κ3) is 5.70. The van der Waals surface area contributed by atoms with Gasteiger partial charge < -0.3 is 4.42 Å². The maximum atomic E-state index is 15.8. The summed E-state index contributed by atoms with van der Waals surface area (Å²) in [6.45, 7) is 7.72. The van der Waals surface area contributed by atoms with Crippen LogP contribution in [0.1, 0.15) is 86.0 Å². The fraction of sp³-hybridized carbons (Fsp3) is 0.310. The van der Waals surface area contributed by atoms with Gasteiger partial charge in [-0.15, -0.1) is 0 Å². The number of aromatic nitrogens is 1. The highest BCUT2D eigenvalue weighted by atomic mass is 19.1. The highest BCUT2D eigenvalue weighted by Gasteiger charge is 2.26. The van der Waals surface area contributed by atoms with Gasteiger partial charge in [-0.2, -0.15) is 0 Å². The summed E-state index contributed by atoms with van der Waals surface area (Å²) in [6, 6.07) is 28.6. The molecule has 0 saturated heterocycles. The third-order valence-electron chi connectivity index (χ3n) is 9.11. The van der Waals surface area contributed by atoms with Crippen molar-refractivity contribution in [3.63, 3.8) is 0 Å². The summed E-state index contributed by atoms with van der Waals surface area (Å²) < 4.78 is 60.7. The largest absolute Gasteiger partial charge is 0.454 e. The van der Waals surface area contributed by atoms with Gasteiger partial charge in [0.15, 0.2) is 6.20 Å². The second kappa shape index (κ2) is 11.6. The molecule has 45 heavy (non-hydrogen) atoms. The molecule has 1 fully saturated rings. The molecule has 0 radical (unpaired) electrons. The Morgan fingerprint density at radius 3 is 2.04 bits per heavy atom. The summed E-state index contributed by atoms with van der Waals surface area (Å²) in [4.78, 5) is 0. The first-order valence-corrected chi connectivity index (χ1v) is 15.9. The van der Waals surface area contributed by atoms with Crippen molar-refractivity contribution in [2.45, 2.75) is 71.5 Å². The lowest BCUT2D eigenvalue weighted by Crippen LogP contribution is -2.31. The van der Waals surface area contributed by atoms with Crippen molar-refractivity contribution in [2.75, 3.05) is 0 Å². The van der Waals surface area contributed by atoms with Crippen LogP contribution in [0.3, 0.4) is 0 Å². The zero-order chi connectivity index (χ0) is 34.9. The molecule has 2 heterocycles. The second-order valence-electron chi connectivity index (χ2n) is 13.5. The van der Waals surface area contributed by atoms with E-state index < -0.39 is 23.6 Å². The lowest BCUT2D eigenvalue weighted by atomic mass is 9.76. The maximum Gasteiger partial charge on any atom is 0.216 e. The normalized spacial score (nSPS) is 22.2. The second-order valence-corrected chi connectivity index (χ2v) is 13.5. The molecule has 0 unspecified atom stereocenters. The molecule has 1 aliphatic carbocycles. The molecule has 7 rings (SSSR count). The highest BCUT2D eigenvalue weighted by molar-refractivity contribution is 6.13. The SMILES string of the molecule is [2H]C1(c2ccccc2)CCC([2H])(c2ccc(-c3c(F)ccc4c3oc3c(-c5cc(C([2H])([2H])C(C)(C)C)cc[n+]5C)c(C)ccc34)cc2)CC1. The average Bonchev–Trinajstić information content (AvgIpc) is 3.45. The lowest BCUT2D eigenvalue weighted by molar-refractivity contribution is -0.660. The Labute approximate surface area is 272 Å². The van der Waals surface area contributed by atoms with E-state index in [0.29, 0.717) is 53.5 Å². The molecule has 2 aromatic heterocycles. The van der Waals surface area contributed by atoms with Crippen LogP contribution in [0, 0.1) is 18.2 Å². The molecule has 0 bridgehead atoms. The van der Waals surface area contributed by atoms with E-state index in [2.05, 4.69) is 0 Å². The topological polar surface area (TPSA) is 17.0 Å². The van der Waals surface area contributed by atoms with Crippen molar-refractivity contribution in [3.05, 3.63) is 125 Å². The van der Waals surface area contributed by atoms with Crippen molar-refractivity contribution in [3.8, 4) is 22.4 Å². The summed E-state index contributed by atoms with van der Waals surface area (Å²) in [5.74, 6) is -1.87. The van der Waals surface area contributed by atoms with Crippen LogP contribution in [0.2, 0.25) is 0 Å². The van der Waals surface area contributed by atoms with Crippen LogP contribution in [0.15, 0.2) is 102 Å². The Hall–Kier alpha value is -4.24. The first kappa shape index (κ1) is 25.0. The molecular weight excluding hydrogens is 553 g/mol. The van der Waals surface area contributed by atoms with Crippen molar-refractivity contribution in [2.24, 2.45) is 12.5 Å². The van der Waals surface area contributed by atoms with Crippen molar-refractivity contribution >= 4 is 21.9 Å². The van der Waals surface area contributed by atoms with Gasteiger partial charge in [-0.05, 0) is 96.1 Å². The van der Waals surface area contributed by atoms with Crippen LogP contribution < -0.4 is 4.57 Å². The van der Waals surface area contributed by atoms with Crippen LogP contribution >= 0.6 is 0 Å². The van der Waals surface area contributed by atoms with Crippen LogP contribution in [0.4, 0.5) is 4.39 Å². The minimum absolute atomic E-state index is 0.378. The van der Waals surface area contributed by atoms with Crippen molar-refractivity contribution in [1.29, 1.82) is 0 Å². The molecule has 0 aliphatic heterocycles. The quantitative estimate of drug-likeness (QED) is 0.180. The Balaban J connectivity index is 1.28. The van der Waals surface area contributed by atoms with Gasteiger partial charge >= 0.3 is 0 Å². The summed E-state index contributed by atoms with van der Waals surface area (Å²) >= 11 is 0. The van der Waals surface area contributed by atoms with Gasteiger partial charge in [0.25, 0.3) is 0 Å². The molecule has 3 heteroatoms. The molecule has 4 aromatic carbocycles. The minimum atomic E-state index is -1.57.